The summed E-state index contributed by atoms with van der Waals surface area (Å²) in [6, 6.07) is 0.211. The van der Waals surface area contributed by atoms with Gasteiger partial charge in [-0.3, -0.25) is 0 Å². The number of halogens is 2. The molecule has 1 aliphatic carbocycles. The molecule has 1 aliphatic rings. The van der Waals surface area contributed by atoms with Gasteiger partial charge in [0.15, 0.2) is 0 Å². The number of rotatable bonds is 3. The summed E-state index contributed by atoms with van der Waals surface area (Å²) in [5, 5.41) is 3.22. The third-order valence-corrected chi connectivity index (χ3v) is 2.76. The largest absolute Gasteiger partial charge is 0.301 e. The SMILES string of the molecule is C#CC(CC)NC1CCC(F)(F)CC1. The lowest BCUT2D eigenvalue weighted by Crippen LogP contribution is -2.41. The fraction of sp³-hybridized carbons (Fsp3) is 0.818. The maximum absolute atomic E-state index is 12.8. The molecular formula is C11H17F2N. The fourth-order valence-corrected chi connectivity index (χ4v) is 1.78. The van der Waals surface area contributed by atoms with Crippen molar-refractivity contribution in [3.05, 3.63) is 0 Å². The number of hydrogen-bond donors (Lipinski definition) is 1. The highest BCUT2D eigenvalue weighted by molar-refractivity contribution is 4.99. The summed E-state index contributed by atoms with van der Waals surface area (Å²) in [6.07, 6.45) is 7.19. The van der Waals surface area contributed by atoms with Gasteiger partial charge in [0.1, 0.15) is 0 Å². The Labute approximate surface area is 84.3 Å². The molecule has 1 rings (SSSR count). The average molecular weight is 201 g/mol. The summed E-state index contributed by atoms with van der Waals surface area (Å²) >= 11 is 0. The Bertz CT molecular complexity index is 210. The van der Waals surface area contributed by atoms with Crippen molar-refractivity contribution in [2.75, 3.05) is 0 Å². The molecule has 1 fully saturated rings. The van der Waals surface area contributed by atoms with E-state index in [2.05, 4.69) is 11.2 Å². The van der Waals surface area contributed by atoms with Crippen LogP contribution < -0.4 is 5.32 Å². The number of terminal acetylenes is 1. The highest BCUT2D eigenvalue weighted by Crippen LogP contribution is 2.33. The molecular weight excluding hydrogens is 184 g/mol. The van der Waals surface area contributed by atoms with Crippen LogP contribution >= 0.6 is 0 Å². The lowest BCUT2D eigenvalue weighted by molar-refractivity contribution is -0.0408. The van der Waals surface area contributed by atoms with E-state index in [0.29, 0.717) is 12.8 Å². The molecule has 0 radical (unpaired) electrons. The van der Waals surface area contributed by atoms with Crippen LogP contribution in [0.25, 0.3) is 0 Å². The minimum Gasteiger partial charge on any atom is -0.301 e. The van der Waals surface area contributed by atoms with Gasteiger partial charge < -0.3 is 5.32 Å². The normalized spacial score (nSPS) is 24.1. The van der Waals surface area contributed by atoms with Gasteiger partial charge in [-0.15, -0.1) is 6.42 Å². The quantitative estimate of drug-likeness (QED) is 0.692. The number of nitrogens with one attached hydrogen (secondary N) is 1. The van der Waals surface area contributed by atoms with Crippen molar-refractivity contribution in [3.63, 3.8) is 0 Å². The molecule has 3 heteroatoms. The molecule has 0 aromatic carbocycles. The second kappa shape index (κ2) is 4.75. The molecule has 0 aromatic heterocycles. The second-order valence-corrected chi connectivity index (χ2v) is 3.92. The van der Waals surface area contributed by atoms with E-state index in [4.69, 9.17) is 6.42 Å². The van der Waals surface area contributed by atoms with E-state index in [-0.39, 0.29) is 24.9 Å². The Morgan fingerprint density at radius 2 is 2.07 bits per heavy atom. The highest BCUT2D eigenvalue weighted by atomic mass is 19.3. The van der Waals surface area contributed by atoms with E-state index in [0.717, 1.165) is 6.42 Å². The van der Waals surface area contributed by atoms with Gasteiger partial charge in [0.05, 0.1) is 6.04 Å². The molecule has 0 spiro atoms. The summed E-state index contributed by atoms with van der Waals surface area (Å²) in [6.45, 7) is 1.99. The Morgan fingerprint density at radius 3 is 2.50 bits per heavy atom. The van der Waals surface area contributed by atoms with Crippen LogP contribution in [-0.2, 0) is 0 Å². The third-order valence-electron chi connectivity index (χ3n) is 2.76. The minimum absolute atomic E-state index is 0.00826. The van der Waals surface area contributed by atoms with Crippen LogP contribution in [0, 0.1) is 12.3 Å². The Hall–Kier alpha value is -0.620. The molecule has 1 saturated carbocycles. The Morgan fingerprint density at radius 1 is 1.50 bits per heavy atom. The van der Waals surface area contributed by atoms with E-state index in [1.165, 1.54) is 0 Å². The van der Waals surface area contributed by atoms with Gasteiger partial charge >= 0.3 is 0 Å². The van der Waals surface area contributed by atoms with Crippen LogP contribution in [0.5, 0.6) is 0 Å². The van der Waals surface area contributed by atoms with Crippen molar-refractivity contribution in [3.8, 4) is 12.3 Å². The zero-order valence-electron chi connectivity index (χ0n) is 8.52. The highest BCUT2D eigenvalue weighted by Gasteiger charge is 2.35. The van der Waals surface area contributed by atoms with Crippen LogP contribution in [0.2, 0.25) is 0 Å². The van der Waals surface area contributed by atoms with E-state index < -0.39 is 5.92 Å². The van der Waals surface area contributed by atoms with Gasteiger partial charge in [0.25, 0.3) is 0 Å². The van der Waals surface area contributed by atoms with Crippen molar-refractivity contribution < 1.29 is 8.78 Å². The first-order chi connectivity index (χ1) is 6.57. The maximum atomic E-state index is 12.8. The molecule has 80 valence electrons. The monoisotopic (exact) mass is 201 g/mol. The molecule has 0 bridgehead atoms. The van der Waals surface area contributed by atoms with Gasteiger partial charge in [0.2, 0.25) is 5.92 Å². The lowest BCUT2D eigenvalue weighted by atomic mass is 9.91. The summed E-state index contributed by atoms with van der Waals surface area (Å²) in [4.78, 5) is 0. The summed E-state index contributed by atoms with van der Waals surface area (Å²) in [7, 11) is 0. The Balaban J connectivity index is 2.32. The van der Waals surface area contributed by atoms with Crippen LogP contribution in [0.15, 0.2) is 0 Å². The summed E-state index contributed by atoms with van der Waals surface area (Å²) in [5.41, 5.74) is 0. The minimum atomic E-state index is -2.45. The Kier molecular flexibility index (Phi) is 3.88. The first kappa shape index (κ1) is 11.5. The summed E-state index contributed by atoms with van der Waals surface area (Å²) < 4.78 is 25.6. The predicted molar refractivity (Wildman–Crippen MR) is 53.3 cm³/mol. The van der Waals surface area contributed by atoms with Crippen molar-refractivity contribution in [2.24, 2.45) is 0 Å². The van der Waals surface area contributed by atoms with Gasteiger partial charge in [-0.2, -0.15) is 0 Å². The molecule has 1 unspecified atom stereocenters. The van der Waals surface area contributed by atoms with Gasteiger partial charge in [0, 0.05) is 18.9 Å². The van der Waals surface area contributed by atoms with Crippen LogP contribution in [0.3, 0.4) is 0 Å². The second-order valence-electron chi connectivity index (χ2n) is 3.92. The van der Waals surface area contributed by atoms with Crippen molar-refractivity contribution in [2.45, 2.75) is 57.0 Å². The topological polar surface area (TPSA) is 12.0 Å². The molecule has 0 aromatic rings. The van der Waals surface area contributed by atoms with Crippen molar-refractivity contribution in [1.29, 1.82) is 0 Å². The van der Waals surface area contributed by atoms with Crippen LogP contribution in [-0.4, -0.2) is 18.0 Å². The molecule has 0 heterocycles. The van der Waals surface area contributed by atoms with E-state index in [9.17, 15) is 8.78 Å². The lowest BCUT2D eigenvalue weighted by Gasteiger charge is -2.30. The van der Waals surface area contributed by atoms with E-state index in [1.54, 1.807) is 0 Å². The van der Waals surface area contributed by atoms with Gasteiger partial charge in [-0.25, -0.2) is 8.78 Å². The first-order valence-corrected chi connectivity index (χ1v) is 5.17. The molecule has 0 aliphatic heterocycles. The number of alkyl halides is 2. The van der Waals surface area contributed by atoms with Crippen LogP contribution in [0.4, 0.5) is 8.78 Å². The van der Waals surface area contributed by atoms with Gasteiger partial charge in [-0.05, 0) is 19.3 Å². The summed E-state index contributed by atoms with van der Waals surface area (Å²) in [5.74, 6) is 0.173. The average Bonchev–Trinajstić information content (AvgIpc) is 2.16. The van der Waals surface area contributed by atoms with Crippen LogP contribution in [0.1, 0.15) is 39.0 Å². The van der Waals surface area contributed by atoms with E-state index in [1.807, 2.05) is 6.92 Å². The molecule has 1 nitrogen and oxygen atoms in total. The molecule has 14 heavy (non-hydrogen) atoms. The zero-order chi connectivity index (χ0) is 10.6. The smallest absolute Gasteiger partial charge is 0.248 e. The number of hydrogen-bond acceptors (Lipinski definition) is 1. The fourth-order valence-electron chi connectivity index (χ4n) is 1.78. The van der Waals surface area contributed by atoms with Crippen molar-refractivity contribution >= 4 is 0 Å². The van der Waals surface area contributed by atoms with Gasteiger partial charge in [-0.1, -0.05) is 12.8 Å². The van der Waals surface area contributed by atoms with Crippen molar-refractivity contribution in [1.82, 2.24) is 5.32 Å². The molecule has 1 atom stereocenters. The maximum Gasteiger partial charge on any atom is 0.248 e. The molecule has 0 amide bonds. The zero-order valence-corrected chi connectivity index (χ0v) is 8.52. The first-order valence-electron chi connectivity index (χ1n) is 5.17. The molecule has 1 N–H and O–H groups in total. The third kappa shape index (κ3) is 3.26. The van der Waals surface area contributed by atoms with E-state index >= 15 is 0 Å². The predicted octanol–water partition coefficient (Wildman–Crippen LogP) is 2.57. The standard InChI is InChI=1S/C11H17F2N/c1-3-9(4-2)14-10-5-7-11(12,13)8-6-10/h1,9-10,14H,4-8H2,2H3. The molecule has 0 saturated heterocycles.